The average Bonchev–Trinajstić information content (AvgIpc) is 3.10. The quantitative estimate of drug-likeness (QED) is 0.659. The van der Waals surface area contributed by atoms with Crippen molar-refractivity contribution in [3.8, 4) is 0 Å². The number of rotatable bonds is 3. The summed E-state index contributed by atoms with van der Waals surface area (Å²) in [4.78, 5) is 19.7. The molecule has 144 valence electrons. The van der Waals surface area contributed by atoms with Crippen LogP contribution in [-0.4, -0.2) is 26.8 Å². The number of amides is 1. The van der Waals surface area contributed by atoms with Crippen LogP contribution in [-0.2, 0) is 23.1 Å². The molecular weight excluding hydrogens is 368 g/mol. The first-order valence-corrected chi connectivity index (χ1v) is 10.5. The third-order valence-electron chi connectivity index (χ3n) is 4.88. The summed E-state index contributed by atoms with van der Waals surface area (Å²) in [5, 5.41) is 7.85. The second kappa shape index (κ2) is 7.43. The Bertz CT molecular complexity index is 958. The van der Waals surface area contributed by atoms with Crippen molar-refractivity contribution in [3.05, 3.63) is 65.5 Å². The molecule has 0 spiro atoms. The van der Waals surface area contributed by atoms with Crippen molar-refractivity contribution in [1.29, 1.82) is 0 Å². The van der Waals surface area contributed by atoms with Crippen LogP contribution >= 0.6 is 11.8 Å². The van der Waals surface area contributed by atoms with Crippen LogP contribution in [0.4, 0.5) is 11.4 Å². The fraction of sp³-hybridized carbons (Fsp3) is 0.318. The van der Waals surface area contributed by atoms with E-state index in [0.29, 0.717) is 5.16 Å². The van der Waals surface area contributed by atoms with E-state index in [-0.39, 0.29) is 17.1 Å². The topological polar surface area (TPSA) is 61.9 Å². The smallest absolute Gasteiger partial charge is 0.242 e. The highest BCUT2D eigenvalue weighted by Gasteiger charge is 2.26. The zero-order valence-corrected chi connectivity index (χ0v) is 17.2. The molecule has 1 N–H and O–H groups in total. The molecule has 5 nitrogen and oxygen atoms in total. The molecule has 0 atom stereocenters. The van der Waals surface area contributed by atoms with Gasteiger partial charge in [0, 0.05) is 5.41 Å². The minimum atomic E-state index is -0.0987. The summed E-state index contributed by atoms with van der Waals surface area (Å²) in [6, 6.07) is 16.3. The van der Waals surface area contributed by atoms with Crippen LogP contribution in [0.3, 0.4) is 0 Å². The number of carbonyl (C=O) groups excluding carboxylic acids is 1. The van der Waals surface area contributed by atoms with Crippen molar-refractivity contribution in [2.24, 2.45) is 0 Å². The lowest BCUT2D eigenvalue weighted by Crippen LogP contribution is -2.28. The van der Waals surface area contributed by atoms with Gasteiger partial charge in [0.25, 0.3) is 0 Å². The number of anilines is 2. The predicted molar refractivity (Wildman–Crippen MR) is 113 cm³/mol. The molecule has 0 unspecified atom stereocenters. The number of aryl methyl sites for hydroxylation is 2. The van der Waals surface area contributed by atoms with Crippen LogP contribution in [0, 0.1) is 0 Å². The Morgan fingerprint density at radius 2 is 1.61 bits per heavy atom. The maximum absolute atomic E-state index is 13.3. The number of fused-ring (bicyclic) bond motifs is 2. The van der Waals surface area contributed by atoms with Crippen molar-refractivity contribution in [2.75, 3.05) is 10.7 Å². The van der Waals surface area contributed by atoms with E-state index in [1.54, 1.807) is 0 Å². The van der Waals surface area contributed by atoms with Crippen LogP contribution in [0.5, 0.6) is 0 Å². The maximum Gasteiger partial charge on any atom is 0.242 e. The van der Waals surface area contributed by atoms with Gasteiger partial charge in [-0.25, -0.2) is 4.98 Å². The molecule has 1 aliphatic heterocycles. The van der Waals surface area contributed by atoms with Gasteiger partial charge in [0.2, 0.25) is 11.1 Å². The SMILES string of the molecule is CC(C)(C)c1nc(SCC(=O)N2c3ccccc3CCc3ccccc32)n[nH]1. The zero-order valence-electron chi connectivity index (χ0n) is 16.4. The summed E-state index contributed by atoms with van der Waals surface area (Å²) in [5.74, 6) is 1.14. The van der Waals surface area contributed by atoms with E-state index in [2.05, 4.69) is 48.1 Å². The molecule has 0 bridgehead atoms. The van der Waals surface area contributed by atoms with Gasteiger partial charge in [0.15, 0.2) is 0 Å². The Hall–Kier alpha value is -2.60. The molecule has 0 saturated heterocycles. The largest absolute Gasteiger partial charge is 0.280 e. The van der Waals surface area contributed by atoms with Gasteiger partial charge in [-0.3, -0.25) is 14.8 Å². The molecule has 1 amide bonds. The van der Waals surface area contributed by atoms with Gasteiger partial charge in [-0.05, 0) is 36.1 Å². The van der Waals surface area contributed by atoms with Crippen LogP contribution in [0.1, 0.15) is 37.7 Å². The Morgan fingerprint density at radius 3 is 2.14 bits per heavy atom. The van der Waals surface area contributed by atoms with E-state index in [9.17, 15) is 4.79 Å². The number of benzene rings is 2. The van der Waals surface area contributed by atoms with Crippen molar-refractivity contribution in [1.82, 2.24) is 15.2 Å². The van der Waals surface area contributed by atoms with E-state index in [0.717, 1.165) is 30.0 Å². The van der Waals surface area contributed by atoms with Crippen molar-refractivity contribution < 1.29 is 4.79 Å². The summed E-state index contributed by atoms with van der Waals surface area (Å²) in [7, 11) is 0. The first kappa shape index (κ1) is 18.7. The van der Waals surface area contributed by atoms with Gasteiger partial charge in [-0.1, -0.05) is 68.9 Å². The lowest BCUT2D eigenvalue weighted by atomic mass is 9.96. The fourth-order valence-electron chi connectivity index (χ4n) is 3.39. The van der Waals surface area contributed by atoms with E-state index in [1.807, 2.05) is 41.3 Å². The standard InChI is InChI=1S/C22H24N4OS/c1-22(2,3)20-23-21(25-24-20)28-14-19(27)26-17-10-6-4-8-15(17)12-13-16-9-5-7-11-18(16)26/h4-11H,12-14H2,1-3H3,(H,23,24,25). The molecular formula is C22H24N4OS. The van der Waals surface area contributed by atoms with Gasteiger partial charge >= 0.3 is 0 Å². The monoisotopic (exact) mass is 392 g/mol. The van der Waals surface area contributed by atoms with Gasteiger partial charge in [0.1, 0.15) is 5.82 Å². The molecule has 6 heteroatoms. The van der Waals surface area contributed by atoms with Crippen molar-refractivity contribution >= 4 is 29.0 Å². The van der Waals surface area contributed by atoms with Crippen LogP contribution in [0.25, 0.3) is 0 Å². The maximum atomic E-state index is 13.3. The number of carbonyl (C=O) groups is 1. The van der Waals surface area contributed by atoms with Gasteiger partial charge in [0.05, 0.1) is 17.1 Å². The molecule has 0 aliphatic carbocycles. The van der Waals surface area contributed by atoms with Gasteiger partial charge in [-0.2, -0.15) is 0 Å². The second-order valence-electron chi connectivity index (χ2n) is 7.99. The molecule has 1 aromatic heterocycles. The number of hydrogen-bond donors (Lipinski definition) is 1. The van der Waals surface area contributed by atoms with Crippen molar-refractivity contribution in [3.63, 3.8) is 0 Å². The number of thioether (sulfide) groups is 1. The number of H-pyrrole nitrogens is 1. The Kier molecular flexibility index (Phi) is 4.98. The first-order chi connectivity index (χ1) is 13.4. The normalized spacial score (nSPS) is 13.6. The summed E-state index contributed by atoms with van der Waals surface area (Å²) in [5.41, 5.74) is 4.25. The van der Waals surface area contributed by atoms with Crippen LogP contribution in [0.2, 0.25) is 0 Å². The van der Waals surface area contributed by atoms with Crippen LogP contribution < -0.4 is 4.90 Å². The lowest BCUT2D eigenvalue weighted by Gasteiger charge is -2.24. The minimum absolute atomic E-state index is 0.0360. The summed E-state index contributed by atoms with van der Waals surface area (Å²) in [6.45, 7) is 6.24. The lowest BCUT2D eigenvalue weighted by molar-refractivity contribution is -0.115. The predicted octanol–water partition coefficient (Wildman–Crippen LogP) is 4.66. The van der Waals surface area contributed by atoms with E-state index >= 15 is 0 Å². The highest BCUT2D eigenvalue weighted by molar-refractivity contribution is 7.99. The zero-order chi connectivity index (χ0) is 19.7. The highest BCUT2D eigenvalue weighted by Crippen LogP contribution is 2.36. The van der Waals surface area contributed by atoms with E-state index < -0.39 is 0 Å². The van der Waals surface area contributed by atoms with Crippen molar-refractivity contribution in [2.45, 2.75) is 44.2 Å². The molecule has 1 aliphatic rings. The Morgan fingerprint density at radius 1 is 1.04 bits per heavy atom. The number of nitrogens with one attached hydrogen (secondary N) is 1. The third kappa shape index (κ3) is 3.69. The number of hydrogen-bond acceptors (Lipinski definition) is 4. The molecule has 2 heterocycles. The van der Waals surface area contributed by atoms with E-state index in [4.69, 9.17) is 0 Å². The first-order valence-electron chi connectivity index (χ1n) is 9.48. The average molecular weight is 393 g/mol. The Balaban J connectivity index is 1.61. The molecule has 3 aromatic rings. The molecule has 0 fully saturated rings. The number of aromatic amines is 1. The summed E-state index contributed by atoms with van der Waals surface area (Å²) < 4.78 is 0. The molecule has 0 radical (unpaired) electrons. The number of para-hydroxylation sites is 2. The van der Waals surface area contributed by atoms with Crippen LogP contribution in [0.15, 0.2) is 53.7 Å². The highest BCUT2D eigenvalue weighted by atomic mass is 32.2. The number of aromatic nitrogens is 3. The second-order valence-corrected chi connectivity index (χ2v) is 8.93. The van der Waals surface area contributed by atoms with Gasteiger partial charge in [-0.15, -0.1) is 5.10 Å². The molecule has 0 saturated carbocycles. The number of nitrogens with zero attached hydrogens (tertiary/aromatic N) is 3. The minimum Gasteiger partial charge on any atom is -0.280 e. The van der Waals surface area contributed by atoms with E-state index in [1.165, 1.54) is 22.9 Å². The molecule has 4 rings (SSSR count). The Labute approximate surface area is 169 Å². The fourth-order valence-corrected chi connectivity index (χ4v) is 4.03. The summed E-state index contributed by atoms with van der Waals surface area (Å²) in [6.07, 6.45) is 1.86. The third-order valence-corrected chi connectivity index (χ3v) is 5.71. The van der Waals surface area contributed by atoms with Gasteiger partial charge < -0.3 is 0 Å². The molecule has 28 heavy (non-hydrogen) atoms. The summed E-state index contributed by atoms with van der Waals surface area (Å²) >= 11 is 1.37. The molecule has 2 aromatic carbocycles.